The standard InChI is InChI=1S/C19H29N5O2S.HI/c1-5-20-19(22-14-18-15(2)23-24(4)16(18)3)21-12-9-13-27(25,26)17-10-7-6-8-11-17;/h6-8,10-11H,5,9,12-14H2,1-4H3,(H2,20,21,22);1H. The number of guanidine groups is 1. The third kappa shape index (κ3) is 6.77. The van der Waals surface area contributed by atoms with Crippen molar-refractivity contribution in [3.8, 4) is 0 Å². The van der Waals surface area contributed by atoms with E-state index in [2.05, 4.69) is 20.7 Å². The Morgan fingerprint density at radius 2 is 1.86 bits per heavy atom. The van der Waals surface area contributed by atoms with Crippen LogP contribution < -0.4 is 10.6 Å². The van der Waals surface area contributed by atoms with E-state index < -0.39 is 9.84 Å². The van der Waals surface area contributed by atoms with Crippen molar-refractivity contribution in [1.29, 1.82) is 0 Å². The summed E-state index contributed by atoms with van der Waals surface area (Å²) in [5.41, 5.74) is 3.19. The van der Waals surface area contributed by atoms with Crippen LogP contribution in [0.25, 0.3) is 0 Å². The Kier molecular flexibility index (Phi) is 9.94. The molecule has 0 aliphatic heterocycles. The number of nitrogens with zero attached hydrogens (tertiary/aromatic N) is 3. The molecule has 0 saturated heterocycles. The molecule has 0 saturated carbocycles. The molecule has 0 radical (unpaired) electrons. The van der Waals surface area contributed by atoms with E-state index in [9.17, 15) is 8.42 Å². The zero-order valence-electron chi connectivity index (χ0n) is 16.9. The Hall–Kier alpha value is -1.62. The Balaban J connectivity index is 0.00000392. The summed E-state index contributed by atoms with van der Waals surface area (Å²) in [4.78, 5) is 4.97. The third-order valence-corrected chi connectivity index (χ3v) is 6.20. The van der Waals surface area contributed by atoms with Gasteiger partial charge in [0.1, 0.15) is 0 Å². The molecule has 2 rings (SSSR count). The number of sulfone groups is 1. The van der Waals surface area contributed by atoms with Crippen LogP contribution in [0.1, 0.15) is 30.3 Å². The largest absolute Gasteiger partial charge is 0.357 e. The normalized spacial score (nSPS) is 11.8. The fourth-order valence-corrected chi connectivity index (χ4v) is 4.09. The second-order valence-corrected chi connectivity index (χ2v) is 8.49. The van der Waals surface area contributed by atoms with Gasteiger partial charge in [-0.15, -0.1) is 24.0 Å². The van der Waals surface area contributed by atoms with Gasteiger partial charge in [0.15, 0.2) is 15.8 Å². The van der Waals surface area contributed by atoms with E-state index in [0.717, 1.165) is 23.5 Å². The Morgan fingerprint density at radius 3 is 2.43 bits per heavy atom. The van der Waals surface area contributed by atoms with E-state index in [-0.39, 0.29) is 29.7 Å². The Labute approximate surface area is 185 Å². The summed E-state index contributed by atoms with van der Waals surface area (Å²) in [6.45, 7) is 7.80. The van der Waals surface area contributed by atoms with E-state index >= 15 is 0 Å². The molecule has 2 N–H and O–H groups in total. The first-order valence-corrected chi connectivity index (χ1v) is 10.8. The molecular weight excluding hydrogens is 489 g/mol. The lowest BCUT2D eigenvalue weighted by Crippen LogP contribution is -2.38. The van der Waals surface area contributed by atoms with E-state index in [1.54, 1.807) is 24.3 Å². The number of hydrogen-bond acceptors (Lipinski definition) is 4. The molecule has 1 heterocycles. The lowest BCUT2D eigenvalue weighted by molar-refractivity contribution is 0.592. The zero-order chi connectivity index (χ0) is 19.9. The molecule has 1 aromatic heterocycles. The maximum absolute atomic E-state index is 12.3. The molecule has 7 nitrogen and oxygen atoms in total. The molecule has 0 bridgehead atoms. The van der Waals surface area contributed by atoms with Crippen molar-refractivity contribution in [3.63, 3.8) is 0 Å². The van der Waals surface area contributed by atoms with Crippen LogP contribution in [0.5, 0.6) is 0 Å². The highest BCUT2D eigenvalue weighted by molar-refractivity contribution is 14.0. The predicted molar refractivity (Wildman–Crippen MR) is 124 cm³/mol. The van der Waals surface area contributed by atoms with Gasteiger partial charge in [-0.1, -0.05) is 18.2 Å². The lowest BCUT2D eigenvalue weighted by atomic mass is 10.2. The number of hydrogen-bond donors (Lipinski definition) is 2. The van der Waals surface area contributed by atoms with Gasteiger partial charge >= 0.3 is 0 Å². The zero-order valence-corrected chi connectivity index (χ0v) is 20.0. The van der Waals surface area contributed by atoms with Gasteiger partial charge in [0, 0.05) is 31.4 Å². The SMILES string of the molecule is CCNC(=NCc1c(C)nn(C)c1C)NCCCS(=O)(=O)c1ccccc1.I. The van der Waals surface area contributed by atoms with Gasteiger partial charge in [-0.2, -0.15) is 5.10 Å². The van der Waals surface area contributed by atoms with Gasteiger partial charge in [-0.05, 0) is 39.3 Å². The minimum Gasteiger partial charge on any atom is -0.357 e. The molecule has 0 atom stereocenters. The van der Waals surface area contributed by atoms with Crippen molar-refractivity contribution >= 4 is 39.8 Å². The van der Waals surface area contributed by atoms with Crippen LogP contribution in [0.2, 0.25) is 0 Å². The third-order valence-electron chi connectivity index (χ3n) is 4.38. The summed E-state index contributed by atoms with van der Waals surface area (Å²) < 4.78 is 26.5. The average Bonchev–Trinajstić information content (AvgIpc) is 2.89. The van der Waals surface area contributed by atoms with Crippen LogP contribution in [-0.2, 0) is 23.4 Å². The first-order chi connectivity index (χ1) is 12.8. The molecule has 1 aromatic carbocycles. The fourth-order valence-electron chi connectivity index (χ4n) is 2.76. The minimum absolute atomic E-state index is 0. The van der Waals surface area contributed by atoms with Gasteiger partial charge in [-0.25, -0.2) is 13.4 Å². The van der Waals surface area contributed by atoms with Gasteiger partial charge in [0.05, 0.1) is 22.9 Å². The molecule has 0 fully saturated rings. The highest BCUT2D eigenvalue weighted by Crippen LogP contribution is 2.13. The molecule has 0 aliphatic rings. The topological polar surface area (TPSA) is 88.4 Å². The van der Waals surface area contributed by atoms with Crippen molar-refractivity contribution in [2.45, 2.75) is 38.6 Å². The summed E-state index contributed by atoms with van der Waals surface area (Å²) >= 11 is 0. The monoisotopic (exact) mass is 519 g/mol. The first kappa shape index (κ1) is 24.4. The quantitative estimate of drug-likeness (QED) is 0.242. The van der Waals surface area contributed by atoms with Crippen LogP contribution in [0.3, 0.4) is 0 Å². The van der Waals surface area contributed by atoms with Crippen LogP contribution >= 0.6 is 24.0 Å². The molecule has 0 unspecified atom stereocenters. The Morgan fingerprint density at radius 1 is 1.18 bits per heavy atom. The summed E-state index contributed by atoms with van der Waals surface area (Å²) in [5.74, 6) is 0.779. The van der Waals surface area contributed by atoms with Gasteiger partial charge in [0.2, 0.25) is 0 Å². The van der Waals surface area contributed by atoms with Gasteiger partial charge in [-0.3, -0.25) is 4.68 Å². The van der Waals surface area contributed by atoms with Gasteiger partial charge < -0.3 is 10.6 Å². The summed E-state index contributed by atoms with van der Waals surface area (Å²) in [5, 5.41) is 10.8. The number of aryl methyl sites for hydroxylation is 2. The predicted octanol–water partition coefficient (Wildman–Crippen LogP) is 2.57. The molecule has 0 spiro atoms. The summed E-state index contributed by atoms with van der Waals surface area (Å²) in [6.07, 6.45) is 0.507. The fraction of sp³-hybridized carbons (Fsp3) is 0.474. The second kappa shape index (κ2) is 11.4. The molecule has 28 heavy (non-hydrogen) atoms. The van der Waals surface area contributed by atoms with Crippen LogP contribution in [0.4, 0.5) is 0 Å². The average molecular weight is 519 g/mol. The van der Waals surface area contributed by atoms with E-state index in [4.69, 9.17) is 0 Å². The number of halogens is 1. The molecule has 9 heteroatoms. The van der Waals surface area contributed by atoms with E-state index in [0.29, 0.717) is 30.4 Å². The summed E-state index contributed by atoms with van der Waals surface area (Å²) in [7, 11) is -1.32. The van der Waals surface area contributed by atoms with Crippen LogP contribution in [-0.4, -0.2) is 43.0 Å². The summed E-state index contributed by atoms with van der Waals surface area (Å²) in [6, 6.07) is 8.55. The minimum atomic E-state index is -3.25. The van der Waals surface area contributed by atoms with Gasteiger partial charge in [0.25, 0.3) is 0 Å². The lowest BCUT2D eigenvalue weighted by Gasteiger charge is -2.11. The maximum atomic E-state index is 12.3. The first-order valence-electron chi connectivity index (χ1n) is 9.14. The number of aromatic nitrogens is 2. The highest BCUT2D eigenvalue weighted by Gasteiger charge is 2.13. The molecular formula is C19H30IN5O2S. The van der Waals surface area contributed by atoms with E-state index in [1.807, 2.05) is 38.6 Å². The van der Waals surface area contributed by atoms with Crippen LogP contribution in [0.15, 0.2) is 40.2 Å². The number of nitrogens with one attached hydrogen (secondary N) is 2. The number of aliphatic imine (C=N–C) groups is 1. The van der Waals surface area contributed by atoms with Crippen molar-refractivity contribution in [2.75, 3.05) is 18.8 Å². The van der Waals surface area contributed by atoms with Crippen molar-refractivity contribution in [1.82, 2.24) is 20.4 Å². The maximum Gasteiger partial charge on any atom is 0.191 e. The highest BCUT2D eigenvalue weighted by atomic mass is 127. The second-order valence-electron chi connectivity index (χ2n) is 6.38. The molecule has 0 aliphatic carbocycles. The van der Waals surface area contributed by atoms with Crippen LogP contribution in [0, 0.1) is 13.8 Å². The van der Waals surface area contributed by atoms with E-state index in [1.165, 1.54) is 0 Å². The number of rotatable bonds is 8. The van der Waals surface area contributed by atoms with Crippen molar-refractivity contribution in [2.24, 2.45) is 12.0 Å². The smallest absolute Gasteiger partial charge is 0.191 e. The molecule has 0 amide bonds. The van der Waals surface area contributed by atoms with Crippen molar-refractivity contribution < 1.29 is 8.42 Å². The van der Waals surface area contributed by atoms with Crippen molar-refractivity contribution in [3.05, 3.63) is 47.3 Å². The Bertz CT molecular complexity index is 879. The molecule has 2 aromatic rings. The number of benzene rings is 1. The molecule has 156 valence electrons.